The van der Waals surface area contributed by atoms with Crippen molar-refractivity contribution in [3.05, 3.63) is 23.9 Å². The number of anilines is 1. The van der Waals surface area contributed by atoms with Crippen molar-refractivity contribution in [3.63, 3.8) is 0 Å². The molecule has 0 amide bonds. The number of hydrogen-bond donors (Lipinski definition) is 1. The normalized spacial score (nSPS) is 23.8. The molecule has 2 atom stereocenters. The van der Waals surface area contributed by atoms with Gasteiger partial charge in [-0.15, -0.1) is 0 Å². The summed E-state index contributed by atoms with van der Waals surface area (Å²) in [6.07, 6.45) is 0.341. The zero-order chi connectivity index (χ0) is 15.7. The van der Waals surface area contributed by atoms with E-state index in [0.29, 0.717) is 12.8 Å². The number of pyridine rings is 1. The Kier molecular flexibility index (Phi) is 4.46. The van der Waals surface area contributed by atoms with Gasteiger partial charge in [0.2, 0.25) is 0 Å². The van der Waals surface area contributed by atoms with Gasteiger partial charge in [0.25, 0.3) is 0 Å². The van der Waals surface area contributed by atoms with E-state index in [1.54, 1.807) is 0 Å². The molecule has 118 valence electrons. The van der Waals surface area contributed by atoms with Crippen molar-refractivity contribution in [3.8, 4) is 0 Å². The number of rotatable bonds is 3. The SMILES string of the molecule is CS(=O)(=O)[C@@H]1CCC[C@H](Nc2cc(C(F)(F)F)ccn2)C1. The lowest BCUT2D eigenvalue weighted by Gasteiger charge is -2.29. The van der Waals surface area contributed by atoms with Crippen molar-refractivity contribution in [1.29, 1.82) is 0 Å². The van der Waals surface area contributed by atoms with E-state index in [1.165, 1.54) is 6.26 Å². The Balaban J connectivity index is 2.08. The van der Waals surface area contributed by atoms with Gasteiger partial charge in [0.1, 0.15) is 15.7 Å². The molecular formula is C13H17F3N2O2S. The van der Waals surface area contributed by atoms with Crippen LogP contribution in [0.1, 0.15) is 31.2 Å². The highest BCUT2D eigenvalue weighted by Gasteiger charge is 2.32. The smallest absolute Gasteiger partial charge is 0.367 e. The highest BCUT2D eigenvalue weighted by atomic mass is 32.2. The predicted octanol–water partition coefficient (Wildman–Crippen LogP) is 2.87. The lowest BCUT2D eigenvalue weighted by Crippen LogP contribution is -2.34. The number of sulfone groups is 1. The van der Waals surface area contributed by atoms with Crippen LogP contribution in [0.5, 0.6) is 0 Å². The average molecular weight is 322 g/mol. The fourth-order valence-corrected chi connectivity index (χ4v) is 3.74. The molecule has 0 aromatic carbocycles. The number of hydrogen-bond acceptors (Lipinski definition) is 4. The van der Waals surface area contributed by atoms with Crippen LogP contribution in [0.3, 0.4) is 0 Å². The van der Waals surface area contributed by atoms with Crippen LogP contribution in [0, 0.1) is 0 Å². The first-order valence-corrected chi connectivity index (χ1v) is 8.60. The minimum Gasteiger partial charge on any atom is -0.367 e. The summed E-state index contributed by atoms with van der Waals surface area (Å²) < 4.78 is 61.0. The molecule has 2 rings (SSSR count). The molecule has 1 saturated carbocycles. The molecule has 0 unspecified atom stereocenters. The minimum atomic E-state index is -4.42. The van der Waals surface area contributed by atoms with Gasteiger partial charge in [0.05, 0.1) is 10.8 Å². The van der Waals surface area contributed by atoms with Crippen LogP contribution in [0.4, 0.5) is 19.0 Å². The molecule has 0 aliphatic heterocycles. The molecule has 1 aliphatic carbocycles. The van der Waals surface area contributed by atoms with Gasteiger partial charge in [0.15, 0.2) is 0 Å². The Labute approximate surface area is 121 Å². The first-order valence-electron chi connectivity index (χ1n) is 6.65. The van der Waals surface area contributed by atoms with E-state index < -0.39 is 26.8 Å². The van der Waals surface area contributed by atoms with Gasteiger partial charge in [-0.05, 0) is 31.4 Å². The maximum Gasteiger partial charge on any atom is 0.416 e. The van der Waals surface area contributed by atoms with Crippen molar-refractivity contribution < 1.29 is 21.6 Å². The van der Waals surface area contributed by atoms with Crippen molar-refractivity contribution in [2.75, 3.05) is 11.6 Å². The molecule has 8 heteroatoms. The highest BCUT2D eigenvalue weighted by molar-refractivity contribution is 7.91. The Morgan fingerprint density at radius 3 is 2.67 bits per heavy atom. The van der Waals surface area contributed by atoms with Crippen LogP contribution in [-0.2, 0) is 16.0 Å². The summed E-state index contributed by atoms with van der Waals surface area (Å²) >= 11 is 0. The van der Waals surface area contributed by atoms with Gasteiger partial charge >= 0.3 is 6.18 Å². The zero-order valence-corrected chi connectivity index (χ0v) is 12.3. The van der Waals surface area contributed by atoms with Gasteiger partial charge in [-0.2, -0.15) is 13.2 Å². The summed E-state index contributed by atoms with van der Waals surface area (Å²) in [5.74, 6) is 0.129. The van der Waals surface area contributed by atoms with Gasteiger partial charge in [-0.3, -0.25) is 0 Å². The second-order valence-electron chi connectivity index (χ2n) is 5.39. The summed E-state index contributed by atoms with van der Waals surface area (Å²) in [6, 6.07) is 1.68. The lowest BCUT2D eigenvalue weighted by molar-refractivity contribution is -0.137. The van der Waals surface area contributed by atoms with Crippen molar-refractivity contribution in [2.24, 2.45) is 0 Å². The Morgan fingerprint density at radius 1 is 1.33 bits per heavy atom. The molecular weight excluding hydrogens is 305 g/mol. The summed E-state index contributed by atoms with van der Waals surface area (Å²) in [5.41, 5.74) is -0.768. The number of aromatic nitrogens is 1. The molecule has 1 fully saturated rings. The first kappa shape index (κ1) is 16.1. The lowest BCUT2D eigenvalue weighted by atomic mass is 9.95. The number of nitrogens with zero attached hydrogens (tertiary/aromatic N) is 1. The number of alkyl halides is 3. The molecule has 1 aliphatic rings. The molecule has 1 aromatic rings. The van der Waals surface area contributed by atoms with Crippen molar-refractivity contribution in [2.45, 2.75) is 43.2 Å². The topological polar surface area (TPSA) is 59.1 Å². The van der Waals surface area contributed by atoms with Crippen LogP contribution >= 0.6 is 0 Å². The molecule has 0 bridgehead atoms. The predicted molar refractivity (Wildman–Crippen MR) is 73.7 cm³/mol. The molecule has 0 radical (unpaired) electrons. The second-order valence-corrected chi connectivity index (χ2v) is 7.71. The fraction of sp³-hybridized carbons (Fsp3) is 0.615. The van der Waals surface area contributed by atoms with Gasteiger partial charge < -0.3 is 5.32 Å². The molecule has 4 nitrogen and oxygen atoms in total. The third kappa shape index (κ3) is 4.33. The molecule has 21 heavy (non-hydrogen) atoms. The van der Waals surface area contributed by atoms with Gasteiger partial charge in [-0.25, -0.2) is 13.4 Å². The van der Waals surface area contributed by atoms with Crippen molar-refractivity contribution >= 4 is 15.7 Å². The Hall–Kier alpha value is -1.31. The molecule has 0 spiro atoms. The van der Waals surface area contributed by atoms with Crippen LogP contribution in [0.2, 0.25) is 0 Å². The molecule has 1 heterocycles. The van der Waals surface area contributed by atoms with Crippen LogP contribution in [0.15, 0.2) is 18.3 Å². The van der Waals surface area contributed by atoms with E-state index in [-0.39, 0.29) is 11.9 Å². The Bertz CT molecular complexity index is 602. The Morgan fingerprint density at radius 2 is 2.05 bits per heavy atom. The first-order chi connectivity index (χ1) is 9.66. The van der Waals surface area contributed by atoms with Crippen LogP contribution in [0.25, 0.3) is 0 Å². The maximum atomic E-state index is 12.6. The monoisotopic (exact) mass is 322 g/mol. The third-order valence-corrected chi connectivity index (χ3v) is 5.31. The van der Waals surface area contributed by atoms with E-state index >= 15 is 0 Å². The molecule has 0 saturated heterocycles. The number of halogens is 3. The molecule has 1 aromatic heterocycles. The summed E-state index contributed by atoms with van der Waals surface area (Å²) in [4.78, 5) is 3.87. The largest absolute Gasteiger partial charge is 0.416 e. The summed E-state index contributed by atoms with van der Waals surface area (Å²) in [5, 5.41) is 2.48. The summed E-state index contributed by atoms with van der Waals surface area (Å²) in [6.45, 7) is 0. The van der Waals surface area contributed by atoms with E-state index in [4.69, 9.17) is 0 Å². The van der Waals surface area contributed by atoms with Crippen LogP contribution < -0.4 is 5.32 Å². The van der Waals surface area contributed by atoms with Crippen molar-refractivity contribution in [1.82, 2.24) is 4.98 Å². The van der Waals surface area contributed by atoms with Gasteiger partial charge in [0, 0.05) is 18.5 Å². The van der Waals surface area contributed by atoms with E-state index in [2.05, 4.69) is 10.3 Å². The highest BCUT2D eigenvalue weighted by Crippen LogP contribution is 2.31. The average Bonchev–Trinajstić information content (AvgIpc) is 2.37. The minimum absolute atomic E-state index is 0.129. The number of nitrogens with one attached hydrogen (secondary N) is 1. The molecule has 1 N–H and O–H groups in total. The third-order valence-electron chi connectivity index (χ3n) is 3.67. The van der Waals surface area contributed by atoms with Gasteiger partial charge in [-0.1, -0.05) is 6.42 Å². The van der Waals surface area contributed by atoms with E-state index in [0.717, 1.165) is 31.2 Å². The van der Waals surface area contributed by atoms with Crippen LogP contribution in [-0.4, -0.2) is 30.9 Å². The van der Waals surface area contributed by atoms with E-state index in [9.17, 15) is 21.6 Å². The zero-order valence-electron chi connectivity index (χ0n) is 11.5. The second kappa shape index (κ2) is 5.82. The standard InChI is InChI=1S/C13H17F3N2O2S/c1-21(19,20)11-4-2-3-10(8-11)18-12-7-9(5-6-17-12)13(14,15)16/h5-7,10-11H,2-4,8H2,1H3,(H,17,18)/t10-,11+/m0/s1. The quantitative estimate of drug-likeness (QED) is 0.929. The maximum absolute atomic E-state index is 12.6. The van der Waals surface area contributed by atoms with E-state index in [1.807, 2.05) is 0 Å². The summed E-state index contributed by atoms with van der Waals surface area (Å²) in [7, 11) is -3.12. The fourth-order valence-electron chi connectivity index (χ4n) is 2.56.